The van der Waals surface area contributed by atoms with Crippen molar-refractivity contribution in [1.82, 2.24) is 9.80 Å². The van der Waals surface area contributed by atoms with Crippen LogP contribution >= 0.6 is 0 Å². The van der Waals surface area contributed by atoms with Crippen LogP contribution in [-0.4, -0.2) is 42.0 Å². The van der Waals surface area contributed by atoms with Crippen molar-refractivity contribution in [3.05, 3.63) is 0 Å². The molecule has 1 atom stereocenters. The Bertz CT molecular complexity index is 266. The van der Waals surface area contributed by atoms with Gasteiger partial charge in [-0.05, 0) is 44.4 Å². The Hall–Kier alpha value is -0.730. The van der Waals surface area contributed by atoms with E-state index < -0.39 is 0 Å². The van der Waals surface area contributed by atoms with Crippen molar-refractivity contribution < 1.29 is 4.79 Å². The molecule has 0 saturated carbocycles. The number of nitrogens with zero attached hydrogens (tertiary/aromatic N) is 2. The second kappa shape index (κ2) is 6.44. The molecule has 0 spiro atoms. The molecule has 1 rings (SSSR count). The normalized spacial score (nSPS) is 21.6. The minimum Gasteiger partial charge on any atom is -0.325 e. The van der Waals surface area contributed by atoms with Crippen molar-refractivity contribution >= 4 is 6.03 Å². The van der Waals surface area contributed by atoms with Gasteiger partial charge in [0.1, 0.15) is 0 Å². The Morgan fingerprint density at radius 1 is 1.17 bits per heavy atom. The fourth-order valence-electron chi connectivity index (χ4n) is 2.85. The molecule has 1 aliphatic heterocycles. The van der Waals surface area contributed by atoms with Gasteiger partial charge in [-0.2, -0.15) is 0 Å². The molecule has 0 aromatic rings. The molecular weight excluding hydrogens is 224 g/mol. The summed E-state index contributed by atoms with van der Waals surface area (Å²) in [7, 11) is 0. The monoisotopic (exact) mass is 254 g/mol. The molecule has 1 saturated heterocycles. The second-order valence-electron chi connectivity index (χ2n) is 6.44. The zero-order valence-corrected chi connectivity index (χ0v) is 12.8. The highest BCUT2D eigenvalue weighted by Gasteiger charge is 2.29. The fourth-order valence-corrected chi connectivity index (χ4v) is 2.85. The SMILES string of the molecule is CCN(CC)C(=O)N1CCCC(C(C)(C)C)CC1. The standard InChI is InChI=1S/C15H30N2O/c1-6-16(7-2)14(18)17-11-8-9-13(10-12-17)15(3,4)5/h13H,6-12H2,1-5H3. The van der Waals surface area contributed by atoms with Gasteiger partial charge in [-0.3, -0.25) is 0 Å². The van der Waals surface area contributed by atoms with E-state index in [1.165, 1.54) is 6.42 Å². The van der Waals surface area contributed by atoms with Gasteiger partial charge >= 0.3 is 6.03 Å². The highest BCUT2D eigenvalue weighted by Crippen LogP contribution is 2.34. The van der Waals surface area contributed by atoms with Crippen molar-refractivity contribution in [2.24, 2.45) is 11.3 Å². The summed E-state index contributed by atoms with van der Waals surface area (Å²) in [5.74, 6) is 0.743. The third-order valence-corrected chi connectivity index (χ3v) is 4.26. The maximum atomic E-state index is 12.3. The second-order valence-corrected chi connectivity index (χ2v) is 6.44. The number of likely N-dealkylation sites (tertiary alicyclic amines) is 1. The largest absolute Gasteiger partial charge is 0.325 e. The van der Waals surface area contributed by atoms with Crippen LogP contribution in [-0.2, 0) is 0 Å². The van der Waals surface area contributed by atoms with Gasteiger partial charge in [-0.1, -0.05) is 20.8 Å². The average Bonchev–Trinajstić information content (AvgIpc) is 2.55. The summed E-state index contributed by atoms with van der Waals surface area (Å²) < 4.78 is 0. The van der Waals surface area contributed by atoms with E-state index in [-0.39, 0.29) is 6.03 Å². The summed E-state index contributed by atoms with van der Waals surface area (Å²) in [5, 5.41) is 0. The number of carbonyl (C=O) groups excluding carboxylic acids is 1. The van der Waals surface area contributed by atoms with Gasteiger partial charge in [0.15, 0.2) is 0 Å². The summed E-state index contributed by atoms with van der Waals surface area (Å²) in [4.78, 5) is 16.3. The number of rotatable bonds is 2. The summed E-state index contributed by atoms with van der Waals surface area (Å²) in [6.07, 6.45) is 3.55. The first-order chi connectivity index (χ1) is 8.40. The molecule has 3 nitrogen and oxygen atoms in total. The molecule has 3 heteroatoms. The van der Waals surface area contributed by atoms with Crippen LogP contribution in [0.15, 0.2) is 0 Å². The lowest BCUT2D eigenvalue weighted by molar-refractivity contribution is 0.155. The van der Waals surface area contributed by atoms with E-state index in [1.54, 1.807) is 0 Å². The lowest BCUT2D eigenvalue weighted by Gasteiger charge is -2.31. The van der Waals surface area contributed by atoms with E-state index in [0.29, 0.717) is 5.41 Å². The molecule has 1 heterocycles. The first kappa shape index (κ1) is 15.3. The fraction of sp³-hybridized carbons (Fsp3) is 0.933. The van der Waals surface area contributed by atoms with Crippen molar-refractivity contribution in [3.63, 3.8) is 0 Å². The van der Waals surface area contributed by atoms with Crippen molar-refractivity contribution in [2.75, 3.05) is 26.2 Å². The number of hydrogen-bond donors (Lipinski definition) is 0. The van der Waals surface area contributed by atoms with Crippen LogP contribution in [0.25, 0.3) is 0 Å². The van der Waals surface area contributed by atoms with Gasteiger partial charge in [0, 0.05) is 26.2 Å². The van der Waals surface area contributed by atoms with E-state index >= 15 is 0 Å². The lowest BCUT2D eigenvalue weighted by Crippen LogP contribution is -2.43. The Kier molecular flexibility index (Phi) is 5.48. The molecule has 0 aromatic heterocycles. The van der Waals surface area contributed by atoms with Gasteiger partial charge in [0.05, 0.1) is 0 Å². The molecule has 106 valence electrons. The molecule has 0 bridgehead atoms. The van der Waals surface area contributed by atoms with Crippen LogP contribution in [0.1, 0.15) is 53.9 Å². The van der Waals surface area contributed by atoms with Crippen LogP contribution < -0.4 is 0 Å². The Morgan fingerprint density at radius 3 is 2.28 bits per heavy atom. The van der Waals surface area contributed by atoms with Crippen LogP contribution in [0.3, 0.4) is 0 Å². The van der Waals surface area contributed by atoms with Crippen LogP contribution in [0.5, 0.6) is 0 Å². The van der Waals surface area contributed by atoms with Crippen molar-refractivity contribution in [1.29, 1.82) is 0 Å². The molecule has 1 fully saturated rings. The summed E-state index contributed by atoms with van der Waals surface area (Å²) in [6.45, 7) is 14.6. The highest BCUT2D eigenvalue weighted by molar-refractivity contribution is 5.74. The maximum Gasteiger partial charge on any atom is 0.319 e. The molecule has 0 aliphatic carbocycles. The van der Waals surface area contributed by atoms with Gasteiger partial charge in [0.2, 0.25) is 0 Å². The minimum absolute atomic E-state index is 0.231. The number of amides is 2. The molecule has 18 heavy (non-hydrogen) atoms. The Balaban J connectivity index is 2.59. The van der Waals surface area contributed by atoms with Crippen LogP contribution in [0.2, 0.25) is 0 Å². The van der Waals surface area contributed by atoms with E-state index in [2.05, 4.69) is 39.5 Å². The van der Waals surface area contributed by atoms with Crippen LogP contribution in [0.4, 0.5) is 4.79 Å². The molecule has 0 radical (unpaired) electrons. The molecular formula is C15H30N2O. The molecule has 2 amide bonds. The smallest absolute Gasteiger partial charge is 0.319 e. The zero-order chi connectivity index (χ0) is 13.8. The van der Waals surface area contributed by atoms with Crippen LogP contribution in [0, 0.1) is 11.3 Å². The Labute approximate surface area is 113 Å². The molecule has 0 aromatic carbocycles. The van der Waals surface area contributed by atoms with E-state index in [1.807, 2.05) is 4.90 Å². The molecule has 0 N–H and O–H groups in total. The maximum absolute atomic E-state index is 12.3. The zero-order valence-electron chi connectivity index (χ0n) is 12.8. The van der Waals surface area contributed by atoms with Gasteiger partial charge in [-0.25, -0.2) is 4.79 Å². The Morgan fingerprint density at radius 2 is 1.78 bits per heavy atom. The van der Waals surface area contributed by atoms with E-state index in [0.717, 1.165) is 44.9 Å². The summed E-state index contributed by atoms with van der Waals surface area (Å²) in [5.41, 5.74) is 0.369. The van der Waals surface area contributed by atoms with Crippen molar-refractivity contribution in [2.45, 2.75) is 53.9 Å². The highest BCUT2D eigenvalue weighted by atomic mass is 16.2. The van der Waals surface area contributed by atoms with Gasteiger partial charge in [0.25, 0.3) is 0 Å². The minimum atomic E-state index is 0.231. The first-order valence-electron chi connectivity index (χ1n) is 7.44. The number of urea groups is 1. The summed E-state index contributed by atoms with van der Waals surface area (Å²) in [6, 6.07) is 0.231. The number of carbonyl (C=O) groups is 1. The average molecular weight is 254 g/mol. The van der Waals surface area contributed by atoms with Crippen molar-refractivity contribution in [3.8, 4) is 0 Å². The first-order valence-corrected chi connectivity index (χ1v) is 7.44. The molecule has 1 unspecified atom stereocenters. The lowest BCUT2D eigenvalue weighted by atomic mass is 9.77. The quantitative estimate of drug-likeness (QED) is 0.738. The van der Waals surface area contributed by atoms with Gasteiger partial charge in [-0.15, -0.1) is 0 Å². The predicted octanol–water partition coefficient (Wildman–Crippen LogP) is 3.60. The third-order valence-electron chi connectivity index (χ3n) is 4.26. The third kappa shape index (κ3) is 3.89. The molecule has 1 aliphatic rings. The topological polar surface area (TPSA) is 23.6 Å². The predicted molar refractivity (Wildman–Crippen MR) is 76.7 cm³/mol. The van der Waals surface area contributed by atoms with E-state index in [9.17, 15) is 4.79 Å². The summed E-state index contributed by atoms with van der Waals surface area (Å²) >= 11 is 0. The number of hydrogen-bond acceptors (Lipinski definition) is 1. The van der Waals surface area contributed by atoms with Gasteiger partial charge < -0.3 is 9.80 Å². The van der Waals surface area contributed by atoms with E-state index in [4.69, 9.17) is 0 Å².